The lowest BCUT2D eigenvalue weighted by Crippen LogP contribution is -2.45. The molecule has 1 aromatic rings. The van der Waals surface area contributed by atoms with Gasteiger partial charge in [0.1, 0.15) is 5.75 Å². The number of hydrogen-bond acceptors (Lipinski definition) is 5. The average Bonchev–Trinajstić information content (AvgIpc) is 2.84. The minimum absolute atomic E-state index is 0.00841. The summed E-state index contributed by atoms with van der Waals surface area (Å²) in [7, 11) is -2.07. The molecule has 21 heavy (non-hydrogen) atoms. The molecular formula is C14H19NO5S. The number of nitrogens with zero attached hydrogens (tertiary/aromatic N) is 1. The fourth-order valence-electron chi connectivity index (χ4n) is 2.96. The highest BCUT2D eigenvalue weighted by Crippen LogP contribution is 2.31. The number of rotatable bonds is 4. The predicted octanol–water partition coefficient (Wildman–Crippen LogP) is 0.739. The SMILES string of the molecule is COc1ccc(S(=O)(=O)N2CC3CCC(C2)O3)cc1CO. The Bertz CT molecular complexity index is 618. The highest BCUT2D eigenvalue weighted by Gasteiger charge is 2.39. The van der Waals surface area contributed by atoms with Gasteiger partial charge in [0.05, 0.1) is 30.8 Å². The molecule has 2 heterocycles. The summed E-state index contributed by atoms with van der Waals surface area (Å²) in [5.41, 5.74) is 0.467. The molecule has 116 valence electrons. The Hall–Kier alpha value is -1.15. The van der Waals surface area contributed by atoms with E-state index in [0.29, 0.717) is 24.4 Å². The molecule has 1 aromatic carbocycles. The summed E-state index contributed by atoms with van der Waals surface area (Å²) in [5, 5.41) is 9.34. The van der Waals surface area contributed by atoms with Crippen LogP contribution in [-0.2, 0) is 21.4 Å². The molecule has 7 heteroatoms. The van der Waals surface area contributed by atoms with Gasteiger partial charge in [-0.1, -0.05) is 0 Å². The molecule has 1 N–H and O–H groups in total. The van der Waals surface area contributed by atoms with Crippen molar-refractivity contribution in [2.24, 2.45) is 0 Å². The number of sulfonamides is 1. The van der Waals surface area contributed by atoms with E-state index in [1.54, 1.807) is 6.07 Å². The number of hydrogen-bond donors (Lipinski definition) is 1. The van der Waals surface area contributed by atoms with Crippen molar-refractivity contribution in [1.82, 2.24) is 4.31 Å². The van der Waals surface area contributed by atoms with Crippen molar-refractivity contribution >= 4 is 10.0 Å². The molecule has 0 saturated carbocycles. The quantitative estimate of drug-likeness (QED) is 0.887. The Kier molecular flexibility index (Phi) is 3.92. The zero-order chi connectivity index (χ0) is 15.0. The maximum absolute atomic E-state index is 12.7. The summed E-state index contributed by atoms with van der Waals surface area (Å²) in [4.78, 5) is 0.189. The van der Waals surface area contributed by atoms with E-state index in [9.17, 15) is 13.5 Å². The Labute approximate surface area is 124 Å². The van der Waals surface area contributed by atoms with Gasteiger partial charge in [0.2, 0.25) is 10.0 Å². The predicted molar refractivity (Wildman–Crippen MR) is 75.6 cm³/mol. The Morgan fingerprint density at radius 3 is 2.57 bits per heavy atom. The normalized spacial score (nSPS) is 26.0. The van der Waals surface area contributed by atoms with E-state index >= 15 is 0 Å². The standard InChI is InChI=1S/C14H19NO5S/c1-19-14-5-4-13(6-10(14)9-16)21(17,18)15-7-11-2-3-12(8-15)20-11/h4-6,11-12,16H,2-3,7-9H2,1H3. The lowest BCUT2D eigenvalue weighted by atomic mass is 10.2. The van der Waals surface area contributed by atoms with Gasteiger partial charge in [0.25, 0.3) is 0 Å². The number of benzene rings is 1. The number of aliphatic hydroxyl groups is 1. The Morgan fingerprint density at radius 1 is 1.33 bits per heavy atom. The van der Waals surface area contributed by atoms with Gasteiger partial charge in [-0.2, -0.15) is 4.31 Å². The van der Waals surface area contributed by atoms with Crippen LogP contribution in [0.15, 0.2) is 23.1 Å². The first-order valence-corrected chi connectivity index (χ1v) is 8.42. The third kappa shape index (κ3) is 2.66. The third-order valence-electron chi connectivity index (χ3n) is 4.07. The molecule has 0 radical (unpaired) electrons. The summed E-state index contributed by atoms with van der Waals surface area (Å²) in [6.45, 7) is 0.541. The van der Waals surface area contributed by atoms with Crippen LogP contribution in [0, 0.1) is 0 Å². The Morgan fingerprint density at radius 2 is 2.00 bits per heavy atom. The van der Waals surface area contributed by atoms with Crippen LogP contribution in [0.2, 0.25) is 0 Å². The molecular weight excluding hydrogens is 294 g/mol. The fourth-order valence-corrected chi connectivity index (χ4v) is 4.52. The number of aliphatic hydroxyl groups excluding tert-OH is 1. The lowest BCUT2D eigenvalue weighted by Gasteiger charge is -2.31. The number of morpholine rings is 1. The number of methoxy groups -OCH3 is 1. The largest absolute Gasteiger partial charge is 0.496 e. The molecule has 0 amide bonds. The third-order valence-corrected chi connectivity index (χ3v) is 5.90. The second kappa shape index (κ2) is 5.57. The molecule has 2 saturated heterocycles. The lowest BCUT2D eigenvalue weighted by molar-refractivity contribution is -0.0114. The van der Waals surface area contributed by atoms with E-state index in [0.717, 1.165) is 12.8 Å². The van der Waals surface area contributed by atoms with Gasteiger partial charge in [0, 0.05) is 18.7 Å². The van der Waals surface area contributed by atoms with Crippen molar-refractivity contribution in [2.45, 2.75) is 36.6 Å². The van der Waals surface area contributed by atoms with Crippen LogP contribution in [0.4, 0.5) is 0 Å². The van der Waals surface area contributed by atoms with E-state index in [2.05, 4.69) is 0 Å². The van der Waals surface area contributed by atoms with Gasteiger partial charge < -0.3 is 14.6 Å². The van der Waals surface area contributed by atoms with Crippen molar-refractivity contribution in [3.63, 3.8) is 0 Å². The molecule has 2 atom stereocenters. The van der Waals surface area contributed by atoms with E-state index in [4.69, 9.17) is 9.47 Å². The molecule has 2 aliphatic heterocycles. The second-order valence-corrected chi connectivity index (χ2v) is 7.35. The summed E-state index contributed by atoms with van der Waals surface area (Å²) in [6.07, 6.45) is 1.85. The zero-order valence-electron chi connectivity index (χ0n) is 11.9. The van der Waals surface area contributed by atoms with E-state index in [-0.39, 0.29) is 23.7 Å². The molecule has 2 unspecified atom stereocenters. The van der Waals surface area contributed by atoms with Gasteiger partial charge in [-0.25, -0.2) is 8.42 Å². The van der Waals surface area contributed by atoms with E-state index in [1.165, 1.54) is 23.5 Å². The molecule has 2 bridgehead atoms. The van der Waals surface area contributed by atoms with E-state index < -0.39 is 10.0 Å². The summed E-state index contributed by atoms with van der Waals surface area (Å²) in [6, 6.07) is 4.57. The van der Waals surface area contributed by atoms with Gasteiger partial charge in [-0.05, 0) is 31.0 Å². The monoisotopic (exact) mass is 313 g/mol. The molecule has 3 rings (SSSR count). The van der Waals surface area contributed by atoms with Gasteiger partial charge >= 0.3 is 0 Å². The first-order chi connectivity index (χ1) is 10.0. The van der Waals surface area contributed by atoms with Crippen LogP contribution in [0.25, 0.3) is 0 Å². The maximum Gasteiger partial charge on any atom is 0.243 e. The van der Waals surface area contributed by atoms with Crippen LogP contribution in [-0.4, -0.2) is 50.2 Å². The van der Waals surface area contributed by atoms with Crippen molar-refractivity contribution in [1.29, 1.82) is 0 Å². The van der Waals surface area contributed by atoms with Crippen LogP contribution < -0.4 is 4.74 Å². The van der Waals surface area contributed by atoms with Crippen molar-refractivity contribution in [2.75, 3.05) is 20.2 Å². The molecule has 2 fully saturated rings. The highest BCUT2D eigenvalue weighted by molar-refractivity contribution is 7.89. The minimum Gasteiger partial charge on any atom is -0.496 e. The zero-order valence-corrected chi connectivity index (χ0v) is 12.7. The van der Waals surface area contributed by atoms with Crippen LogP contribution in [0.1, 0.15) is 18.4 Å². The smallest absolute Gasteiger partial charge is 0.243 e. The van der Waals surface area contributed by atoms with Crippen molar-refractivity contribution in [3.05, 3.63) is 23.8 Å². The maximum atomic E-state index is 12.7. The van der Waals surface area contributed by atoms with Crippen LogP contribution in [0.3, 0.4) is 0 Å². The Balaban J connectivity index is 1.91. The number of ether oxygens (including phenoxy) is 2. The van der Waals surface area contributed by atoms with Crippen LogP contribution >= 0.6 is 0 Å². The minimum atomic E-state index is -3.56. The average molecular weight is 313 g/mol. The first-order valence-electron chi connectivity index (χ1n) is 6.98. The first kappa shape index (κ1) is 14.8. The fraction of sp³-hybridized carbons (Fsp3) is 0.571. The summed E-state index contributed by atoms with van der Waals surface area (Å²) in [5.74, 6) is 0.485. The summed E-state index contributed by atoms with van der Waals surface area (Å²) >= 11 is 0. The highest BCUT2D eigenvalue weighted by atomic mass is 32.2. The van der Waals surface area contributed by atoms with Gasteiger partial charge in [0.15, 0.2) is 0 Å². The van der Waals surface area contributed by atoms with Crippen LogP contribution in [0.5, 0.6) is 5.75 Å². The second-order valence-electron chi connectivity index (χ2n) is 5.41. The van der Waals surface area contributed by atoms with Gasteiger partial charge in [-0.3, -0.25) is 0 Å². The van der Waals surface area contributed by atoms with E-state index in [1.807, 2.05) is 0 Å². The molecule has 0 aliphatic carbocycles. The van der Waals surface area contributed by atoms with Crippen molar-refractivity contribution < 1.29 is 23.0 Å². The molecule has 0 spiro atoms. The van der Waals surface area contributed by atoms with Crippen molar-refractivity contribution in [3.8, 4) is 5.75 Å². The number of fused-ring (bicyclic) bond motifs is 2. The van der Waals surface area contributed by atoms with Gasteiger partial charge in [-0.15, -0.1) is 0 Å². The topological polar surface area (TPSA) is 76.1 Å². The molecule has 0 aromatic heterocycles. The molecule has 6 nitrogen and oxygen atoms in total. The molecule has 2 aliphatic rings. The summed E-state index contributed by atoms with van der Waals surface area (Å²) < 4.78 is 37.7.